The number of rotatable bonds is 6. The third-order valence-corrected chi connectivity index (χ3v) is 6.17. The Morgan fingerprint density at radius 1 is 1.19 bits per heavy atom. The first-order valence-corrected chi connectivity index (χ1v) is 11.9. The van der Waals surface area contributed by atoms with Crippen LogP contribution in [-0.2, 0) is 4.79 Å². The van der Waals surface area contributed by atoms with Crippen LogP contribution in [0.2, 0.25) is 5.02 Å². The van der Waals surface area contributed by atoms with Gasteiger partial charge in [0.1, 0.15) is 11.3 Å². The van der Waals surface area contributed by atoms with Crippen molar-refractivity contribution in [2.45, 2.75) is 13.0 Å². The maximum absolute atomic E-state index is 13.4. The summed E-state index contributed by atoms with van der Waals surface area (Å²) >= 11 is 9.73. The van der Waals surface area contributed by atoms with Gasteiger partial charge in [-0.15, -0.1) is 0 Å². The smallest absolute Gasteiger partial charge is 0.344 e. The lowest BCUT2D eigenvalue weighted by Gasteiger charge is -2.12. The standard InChI is InChI=1S/C26H17BrClN3O5/c1-14(26(33)34)35-22-8-6-15(10-19(22)28)13-29-31-24(30-20-5-3-2-4-18(20)25(31)32)23-12-16-11-17(27)7-9-21(16)36-23/h2-14H,1H3,(H,33,34)/t14-/m1/s1. The van der Waals surface area contributed by atoms with Crippen LogP contribution in [0.15, 0.2) is 85.5 Å². The highest BCUT2D eigenvalue weighted by atomic mass is 79.9. The van der Waals surface area contributed by atoms with E-state index >= 15 is 0 Å². The first-order chi connectivity index (χ1) is 17.3. The van der Waals surface area contributed by atoms with Gasteiger partial charge < -0.3 is 14.3 Å². The van der Waals surface area contributed by atoms with Crippen LogP contribution < -0.4 is 10.3 Å². The number of furan rings is 1. The minimum atomic E-state index is -1.11. The van der Waals surface area contributed by atoms with Crippen LogP contribution in [0.3, 0.4) is 0 Å². The molecule has 0 saturated heterocycles. The second-order valence-corrected chi connectivity index (χ2v) is 9.22. The van der Waals surface area contributed by atoms with Gasteiger partial charge in [-0.05, 0) is 67.1 Å². The number of hydrogen-bond acceptors (Lipinski definition) is 6. The summed E-state index contributed by atoms with van der Waals surface area (Å²) in [5.74, 6) is -0.260. The topological polar surface area (TPSA) is 107 Å². The van der Waals surface area contributed by atoms with E-state index in [9.17, 15) is 9.59 Å². The minimum Gasteiger partial charge on any atom is -0.479 e. The summed E-state index contributed by atoms with van der Waals surface area (Å²) in [5, 5.41) is 14.9. The third-order valence-electron chi connectivity index (χ3n) is 5.38. The summed E-state index contributed by atoms with van der Waals surface area (Å²) in [5.41, 5.74) is 1.36. The summed E-state index contributed by atoms with van der Waals surface area (Å²) < 4.78 is 13.4. The number of hydrogen-bond donors (Lipinski definition) is 1. The second kappa shape index (κ2) is 9.60. The first-order valence-electron chi connectivity index (χ1n) is 10.7. The molecule has 36 heavy (non-hydrogen) atoms. The van der Waals surface area contributed by atoms with E-state index in [-0.39, 0.29) is 22.2 Å². The number of aliphatic carboxylic acids is 1. The summed E-state index contributed by atoms with van der Waals surface area (Å²) in [6, 6.07) is 19.2. The van der Waals surface area contributed by atoms with Crippen molar-refractivity contribution < 1.29 is 19.1 Å². The molecule has 1 atom stereocenters. The molecule has 0 amide bonds. The molecule has 0 fully saturated rings. The third kappa shape index (κ3) is 4.62. The number of aromatic nitrogens is 2. The molecule has 8 nitrogen and oxygen atoms in total. The van der Waals surface area contributed by atoms with Crippen molar-refractivity contribution in [3.8, 4) is 17.3 Å². The van der Waals surface area contributed by atoms with E-state index in [1.54, 1.807) is 48.5 Å². The fraction of sp³-hybridized carbons (Fsp3) is 0.0769. The molecule has 1 N–H and O–H groups in total. The van der Waals surface area contributed by atoms with Gasteiger partial charge in [-0.3, -0.25) is 4.79 Å². The zero-order valence-corrected chi connectivity index (χ0v) is 21.0. The molecular weight excluding hydrogens is 550 g/mol. The number of fused-ring (bicyclic) bond motifs is 2. The van der Waals surface area contributed by atoms with Gasteiger partial charge in [0.05, 0.1) is 22.1 Å². The molecular formula is C26H17BrClN3O5. The molecule has 0 aliphatic rings. The predicted octanol–water partition coefficient (Wildman–Crippen LogP) is 5.96. The Bertz CT molecular complexity index is 1730. The molecule has 0 aliphatic heterocycles. The predicted molar refractivity (Wildman–Crippen MR) is 141 cm³/mol. The van der Waals surface area contributed by atoms with Gasteiger partial charge in [0.15, 0.2) is 11.9 Å². The van der Waals surface area contributed by atoms with Crippen LogP contribution in [0.1, 0.15) is 12.5 Å². The Balaban J connectivity index is 1.59. The van der Waals surface area contributed by atoms with Gasteiger partial charge >= 0.3 is 5.97 Å². The van der Waals surface area contributed by atoms with Gasteiger partial charge in [-0.1, -0.05) is 39.7 Å². The van der Waals surface area contributed by atoms with Crippen molar-refractivity contribution in [2.75, 3.05) is 0 Å². The van der Waals surface area contributed by atoms with E-state index in [2.05, 4.69) is 26.0 Å². The Labute approximate surface area is 217 Å². The van der Waals surface area contributed by atoms with Crippen molar-refractivity contribution in [1.82, 2.24) is 9.66 Å². The number of ether oxygens (including phenoxy) is 1. The van der Waals surface area contributed by atoms with Crippen molar-refractivity contribution in [3.63, 3.8) is 0 Å². The Morgan fingerprint density at radius 2 is 2.00 bits per heavy atom. The molecule has 10 heteroatoms. The molecule has 5 rings (SSSR count). The Hall–Kier alpha value is -3.95. The van der Waals surface area contributed by atoms with Crippen LogP contribution >= 0.6 is 27.5 Å². The highest BCUT2D eigenvalue weighted by Gasteiger charge is 2.17. The number of carbonyl (C=O) groups is 1. The number of benzene rings is 3. The van der Waals surface area contributed by atoms with Gasteiger partial charge in [0.2, 0.25) is 5.82 Å². The highest BCUT2D eigenvalue weighted by molar-refractivity contribution is 9.10. The lowest BCUT2D eigenvalue weighted by Crippen LogP contribution is -2.23. The summed E-state index contributed by atoms with van der Waals surface area (Å²) in [6.07, 6.45) is 0.396. The Kier molecular flexibility index (Phi) is 6.34. The van der Waals surface area contributed by atoms with Crippen LogP contribution in [0.4, 0.5) is 0 Å². The molecule has 3 aromatic carbocycles. The molecule has 0 unspecified atom stereocenters. The normalized spacial score (nSPS) is 12.4. The average molecular weight is 567 g/mol. The van der Waals surface area contributed by atoms with Crippen molar-refractivity contribution in [1.29, 1.82) is 0 Å². The van der Waals surface area contributed by atoms with Crippen LogP contribution in [0.25, 0.3) is 33.5 Å². The largest absolute Gasteiger partial charge is 0.479 e. The fourth-order valence-corrected chi connectivity index (χ4v) is 4.19. The highest BCUT2D eigenvalue weighted by Crippen LogP contribution is 2.29. The molecule has 2 aromatic heterocycles. The van der Waals surface area contributed by atoms with Crippen LogP contribution in [0, 0.1) is 0 Å². The van der Waals surface area contributed by atoms with E-state index in [4.69, 9.17) is 25.9 Å². The summed E-state index contributed by atoms with van der Waals surface area (Å²) in [6.45, 7) is 1.41. The van der Waals surface area contributed by atoms with E-state index in [1.165, 1.54) is 17.8 Å². The number of halogens is 2. The van der Waals surface area contributed by atoms with Crippen molar-refractivity contribution in [2.24, 2.45) is 5.10 Å². The maximum atomic E-state index is 13.4. The van der Waals surface area contributed by atoms with Gasteiger partial charge in [-0.2, -0.15) is 9.78 Å². The maximum Gasteiger partial charge on any atom is 0.344 e. The quantitative estimate of drug-likeness (QED) is 0.254. The monoisotopic (exact) mass is 565 g/mol. The van der Waals surface area contributed by atoms with E-state index in [0.717, 1.165) is 9.86 Å². The lowest BCUT2D eigenvalue weighted by molar-refractivity contribution is -0.144. The van der Waals surface area contributed by atoms with Crippen molar-refractivity contribution in [3.05, 3.63) is 92.1 Å². The lowest BCUT2D eigenvalue weighted by atomic mass is 10.2. The Morgan fingerprint density at radius 3 is 2.78 bits per heavy atom. The number of carboxylic acids is 1. The molecule has 0 spiro atoms. The molecule has 0 radical (unpaired) electrons. The van der Waals surface area contributed by atoms with Crippen LogP contribution in [-0.4, -0.2) is 33.1 Å². The first kappa shape index (κ1) is 23.8. The second-order valence-electron chi connectivity index (χ2n) is 7.90. The summed E-state index contributed by atoms with van der Waals surface area (Å²) in [4.78, 5) is 29.1. The number of nitrogens with zero attached hydrogens (tertiary/aromatic N) is 3. The van der Waals surface area contributed by atoms with Crippen molar-refractivity contribution >= 4 is 61.6 Å². The number of para-hydroxylation sites is 1. The molecule has 0 aliphatic carbocycles. The molecule has 0 bridgehead atoms. The fourth-order valence-electron chi connectivity index (χ4n) is 3.57. The molecule has 5 aromatic rings. The van der Waals surface area contributed by atoms with Gasteiger partial charge in [-0.25, -0.2) is 9.78 Å². The molecule has 0 saturated carbocycles. The molecule has 2 heterocycles. The SMILES string of the molecule is C[C@@H](Oc1ccc(C=Nn2c(-c3cc4cc(Br)ccc4o3)nc3ccccc3c2=O)cc1Cl)C(=O)O. The van der Waals surface area contributed by atoms with E-state index in [0.29, 0.717) is 27.8 Å². The number of carboxylic acid groups (broad SMARTS) is 1. The zero-order chi connectivity index (χ0) is 25.4. The minimum absolute atomic E-state index is 0.208. The zero-order valence-electron chi connectivity index (χ0n) is 18.7. The van der Waals surface area contributed by atoms with Crippen LogP contribution in [0.5, 0.6) is 5.75 Å². The van der Waals surface area contributed by atoms with Gasteiger partial charge in [0, 0.05) is 9.86 Å². The summed E-state index contributed by atoms with van der Waals surface area (Å²) in [7, 11) is 0. The van der Waals surface area contributed by atoms with Gasteiger partial charge in [0.25, 0.3) is 5.56 Å². The molecule has 180 valence electrons. The van der Waals surface area contributed by atoms with E-state index < -0.39 is 12.1 Å². The average Bonchev–Trinajstić information content (AvgIpc) is 3.28. The van der Waals surface area contributed by atoms with E-state index in [1.807, 2.05) is 18.2 Å².